The highest BCUT2D eigenvalue weighted by Gasteiger charge is 2.25. The lowest BCUT2D eigenvalue weighted by atomic mass is 9.84. The summed E-state index contributed by atoms with van der Waals surface area (Å²) in [4.78, 5) is 63.9. The van der Waals surface area contributed by atoms with Crippen molar-refractivity contribution in [1.82, 2.24) is 9.13 Å². The molecule has 0 aliphatic rings. The fourth-order valence-electron chi connectivity index (χ4n) is 7.38. The van der Waals surface area contributed by atoms with E-state index in [9.17, 15) is 24.0 Å². The number of aromatic nitrogens is 2. The number of esters is 1. The van der Waals surface area contributed by atoms with Crippen molar-refractivity contribution in [2.75, 3.05) is 13.7 Å². The Bertz CT molecular complexity index is 2670. The summed E-state index contributed by atoms with van der Waals surface area (Å²) in [6.45, 7) is 4.03. The predicted octanol–water partition coefficient (Wildman–Crippen LogP) is 9.21. The van der Waals surface area contributed by atoms with Crippen LogP contribution in [-0.4, -0.2) is 46.5 Å². The van der Waals surface area contributed by atoms with Crippen LogP contribution in [-0.2, 0) is 23.6 Å². The lowest BCUT2D eigenvalue weighted by Gasteiger charge is -2.22. The number of pyridine rings is 2. The van der Waals surface area contributed by atoms with Crippen LogP contribution in [0.4, 0.5) is 0 Å². The monoisotopic (exact) mass is 860 g/mol. The van der Waals surface area contributed by atoms with Crippen molar-refractivity contribution in [3.8, 4) is 11.5 Å². The minimum Gasteiger partial charge on any atom is -0.493 e. The quantitative estimate of drug-likeness (QED) is 0.0658. The summed E-state index contributed by atoms with van der Waals surface area (Å²) in [6, 6.07) is 31.7. The van der Waals surface area contributed by atoms with Crippen LogP contribution in [0.2, 0.25) is 10.0 Å². The van der Waals surface area contributed by atoms with E-state index in [1.165, 1.54) is 28.4 Å². The molecule has 3 unspecified atom stereocenters. The van der Waals surface area contributed by atoms with E-state index in [1.807, 2.05) is 74.5 Å². The van der Waals surface area contributed by atoms with Gasteiger partial charge in [-0.3, -0.25) is 19.2 Å². The van der Waals surface area contributed by atoms with Crippen LogP contribution in [0.3, 0.4) is 0 Å². The van der Waals surface area contributed by atoms with Crippen molar-refractivity contribution in [2.45, 2.75) is 51.0 Å². The van der Waals surface area contributed by atoms with Crippen LogP contribution in [0.25, 0.3) is 0 Å². The molecule has 0 aliphatic heterocycles. The van der Waals surface area contributed by atoms with Crippen LogP contribution in [0.1, 0.15) is 85.2 Å². The van der Waals surface area contributed by atoms with Crippen LogP contribution >= 0.6 is 23.2 Å². The zero-order valence-electron chi connectivity index (χ0n) is 34.5. The van der Waals surface area contributed by atoms with Gasteiger partial charge in [-0.15, -0.1) is 0 Å². The maximum Gasteiger partial charge on any atom is 0.347 e. The summed E-state index contributed by atoms with van der Waals surface area (Å²) in [7, 11) is 4.52. The zero-order valence-corrected chi connectivity index (χ0v) is 36.0. The summed E-state index contributed by atoms with van der Waals surface area (Å²) >= 11 is 12.6. The van der Waals surface area contributed by atoms with E-state index in [1.54, 1.807) is 62.9 Å². The van der Waals surface area contributed by atoms with Gasteiger partial charge >= 0.3 is 5.97 Å². The Morgan fingerprint density at radius 3 is 1.46 bits per heavy atom. The molecule has 0 spiro atoms. The van der Waals surface area contributed by atoms with Crippen LogP contribution in [0, 0.1) is 13.8 Å². The third-order valence-corrected chi connectivity index (χ3v) is 11.2. The summed E-state index contributed by atoms with van der Waals surface area (Å²) in [5, 5.41) is 1.19. The SMILES string of the molecule is COC(=O)C(CCOc1ccc(C(CC(=O)c2ccc(=O)n(C)c2)c2ccc(Cl)cc2C)cc1)Oc1ccc(C(CC(=O)c2ccc(=O)n(C)c2)c2ccc(Cl)cc2C)cc1. The van der Waals surface area contributed by atoms with Gasteiger partial charge < -0.3 is 23.3 Å². The number of hydrogen-bond acceptors (Lipinski definition) is 8. The van der Waals surface area contributed by atoms with Crippen molar-refractivity contribution in [3.63, 3.8) is 0 Å². The molecule has 0 saturated heterocycles. The molecule has 10 nitrogen and oxygen atoms in total. The van der Waals surface area contributed by atoms with Crippen molar-refractivity contribution in [2.24, 2.45) is 14.1 Å². The number of rotatable bonds is 17. The van der Waals surface area contributed by atoms with Gasteiger partial charge in [0.2, 0.25) is 11.1 Å². The lowest BCUT2D eigenvalue weighted by molar-refractivity contribution is -0.149. The van der Waals surface area contributed by atoms with Gasteiger partial charge in [-0.25, -0.2) is 4.79 Å². The number of carbonyl (C=O) groups excluding carboxylic acids is 3. The molecular weight excluding hydrogens is 815 g/mol. The Morgan fingerprint density at radius 2 is 1.05 bits per heavy atom. The number of benzene rings is 4. The number of halogens is 2. The first-order chi connectivity index (χ1) is 29.2. The number of Topliss-reactive ketones (excluding diaryl/α,β-unsaturated/α-hetero) is 2. The van der Waals surface area contributed by atoms with E-state index in [2.05, 4.69) is 0 Å². The standard InChI is InChI=1S/C49H46Cl2N2O8/c1-30-24-36(50)12-18-40(30)42(26-44(54)34-10-20-47(56)52(3)28-34)32-6-14-38(15-7-32)60-23-22-46(49(58)59-5)61-39-16-8-33(9-17-39)43(41-19-13-37(51)25-31(41)2)27-45(55)35-11-21-48(57)53(4)29-35/h6-21,24-25,28-29,42-43,46H,22-23,26-27H2,1-5H3. The Balaban J connectivity index is 1.14. The van der Waals surface area contributed by atoms with Gasteiger partial charge in [-0.05, 0) is 108 Å². The first-order valence-corrected chi connectivity index (χ1v) is 20.5. The third-order valence-electron chi connectivity index (χ3n) is 10.8. The molecule has 12 heteroatoms. The Morgan fingerprint density at radius 1 is 0.607 bits per heavy atom. The fraction of sp³-hybridized carbons (Fsp3) is 0.245. The summed E-state index contributed by atoms with van der Waals surface area (Å²) in [5.41, 5.74) is 5.97. The Hall–Kier alpha value is -6.23. The van der Waals surface area contributed by atoms with E-state index >= 15 is 0 Å². The normalized spacial score (nSPS) is 12.6. The van der Waals surface area contributed by atoms with E-state index < -0.39 is 12.1 Å². The maximum absolute atomic E-state index is 13.5. The number of ketones is 2. The van der Waals surface area contributed by atoms with Crippen LogP contribution in [0.5, 0.6) is 11.5 Å². The highest BCUT2D eigenvalue weighted by molar-refractivity contribution is 6.31. The molecule has 61 heavy (non-hydrogen) atoms. The average Bonchev–Trinajstić information content (AvgIpc) is 3.24. The van der Waals surface area contributed by atoms with Crippen LogP contribution < -0.4 is 20.6 Å². The molecular formula is C49H46Cl2N2O8. The molecule has 0 radical (unpaired) electrons. The van der Waals surface area contributed by atoms with E-state index in [0.717, 1.165) is 33.4 Å². The highest BCUT2D eigenvalue weighted by atomic mass is 35.5. The molecule has 3 atom stereocenters. The lowest BCUT2D eigenvalue weighted by Crippen LogP contribution is -2.30. The average molecular weight is 862 g/mol. The topological polar surface area (TPSA) is 123 Å². The second-order valence-electron chi connectivity index (χ2n) is 15.0. The Kier molecular flexibility index (Phi) is 14.5. The number of nitrogens with zero attached hydrogens (tertiary/aromatic N) is 2. The molecule has 0 amide bonds. The van der Waals surface area contributed by atoms with Gasteiger partial charge in [0.05, 0.1) is 13.7 Å². The number of methoxy groups -OCH3 is 1. The predicted molar refractivity (Wildman–Crippen MR) is 237 cm³/mol. The smallest absolute Gasteiger partial charge is 0.347 e. The molecule has 6 rings (SSSR count). The first kappa shape index (κ1) is 44.3. The van der Waals surface area contributed by atoms with Crippen LogP contribution in [0.15, 0.2) is 131 Å². The van der Waals surface area contributed by atoms with Crippen molar-refractivity contribution in [1.29, 1.82) is 0 Å². The summed E-state index contributed by atoms with van der Waals surface area (Å²) in [6.07, 6.45) is 2.60. The molecule has 0 bridgehead atoms. The fourth-order valence-corrected chi connectivity index (χ4v) is 7.83. The van der Waals surface area contributed by atoms with Gasteiger partial charge in [0.15, 0.2) is 17.7 Å². The third kappa shape index (κ3) is 11.1. The minimum absolute atomic E-state index is 0.108. The second kappa shape index (κ2) is 19.9. The van der Waals surface area contributed by atoms with Crippen molar-refractivity contribution in [3.05, 3.63) is 197 Å². The molecule has 6 aromatic rings. The molecule has 0 saturated carbocycles. The van der Waals surface area contributed by atoms with E-state index in [0.29, 0.717) is 32.7 Å². The summed E-state index contributed by atoms with van der Waals surface area (Å²) in [5.74, 6) is -0.447. The summed E-state index contributed by atoms with van der Waals surface area (Å²) < 4.78 is 20.0. The zero-order chi connectivity index (χ0) is 43.8. The Labute approximate surface area is 364 Å². The molecule has 0 N–H and O–H groups in total. The molecule has 0 fully saturated rings. The highest BCUT2D eigenvalue weighted by Crippen LogP contribution is 2.35. The van der Waals surface area contributed by atoms with E-state index in [-0.39, 0.29) is 60.4 Å². The van der Waals surface area contributed by atoms with Gasteiger partial charge in [-0.1, -0.05) is 59.6 Å². The number of ether oxygens (including phenoxy) is 3. The van der Waals surface area contributed by atoms with Gasteiger partial charge in [0.25, 0.3) is 0 Å². The van der Waals surface area contributed by atoms with Gasteiger partial charge in [0, 0.05) is 90.9 Å². The molecule has 0 aliphatic carbocycles. The number of carbonyl (C=O) groups is 3. The maximum atomic E-state index is 13.5. The second-order valence-corrected chi connectivity index (χ2v) is 15.9. The van der Waals surface area contributed by atoms with Gasteiger partial charge in [-0.2, -0.15) is 0 Å². The molecule has 2 aromatic heterocycles. The number of hydrogen-bond donors (Lipinski definition) is 0. The van der Waals surface area contributed by atoms with Gasteiger partial charge in [0.1, 0.15) is 11.5 Å². The van der Waals surface area contributed by atoms with Crippen molar-refractivity contribution < 1.29 is 28.6 Å². The van der Waals surface area contributed by atoms with E-state index in [4.69, 9.17) is 37.4 Å². The molecule has 314 valence electrons. The van der Waals surface area contributed by atoms with Crippen molar-refractivity contribution >= 4 is 40.7 Å². The largest absolute Gasteiger partial charge is 0.493 e. The molecule has 2 heterocycles. The first-order valence-electron chi connectivity index (χ1n) is 19.7. The minimum atomic E-state index is -0.975. The number of aryl methyl sites for hydroxylation is 4. The molecule has 4 aromatic carbocycles.